The van der Waals surface area contributed by atoms with Crippen LogP contribution in [0.4, 0.5) is 5.69 Å². The smallest absolute Gasteiger partial charge is 0.268 e. The van der Waals surface area contributed by atoms with Crippen molar-refractivity contribution in [1.29, 1.82) is 0 Å². The molecule has 1 amide bonds. The topological polar surface area (TPSA) is 56.3 Å². The molecule has 156 valence electrons. The van der Waals surface area contributed by atoms with Gasteiger partial charge in [0.05, 0.1) is 12.2 Å². The van der Waals surface area contributed by atoms with Crippen molar-refractivity contribution in [3.63, 3.8) is 0 Å². The Bertz CT molecular complexity index is 1520. The molecule has 0 saturated heterocycles. The number of carbonyl (C=O) groups excluding carboxylic acids is 1. The maximum atomic E-state index is 13.9. The van der Waals surface area contributed by atoms with Crippen molar-refractivity contribution in [1.82, 2.24) is 4.98 Å². The third kappa shape index (κ3) is 2.63. The minimum Gasteiger partial charge on any atom is -0.372 e. The van der Waals surface area contributed by atoms with Gasteiger partial charge in [-0.25, -0.2) is 0 Å². The SMILES string of the molecule is O=C1N(Cc2cccc3ccccc23)c2ccc(Cl)cc2[C@]1(O)c1c[nH]c2ccccc12. The van der Waals surface area contributed by atoms with Crippen LogP contribution in [0.15, 0.2) is 91.1 Å². The van der Waals surface area contributed by atoms with Crippen molar-refractivity contribution in [3.05, 3.63) is 113 Å². The van der Waals surface area contributed by atoms with E-state index in [0.29, 0.717) is 28.4 Å². The van der Waals surface area contributed by atoms with E-state index in [1.54, 1.807) is 23.2 Å². The van der Waals surface area contributed by atoms with Crippen LogP contribution in [0.2, 0.25) is 5.02 Å². The Morgan fingerprint density at radius 1 is 0.875 bits per heavy atom. The molecule has 32 heavy (non-hydrogen) atoms. The van der Waals surface area contributed by atoms with Gasteiger partial charge in [0.1, 0.15) is 0 Å². The van der Waals surface area contributed by atoms with E-state index in [-0.39, 0.29) is 5.91 Å². The van der Waals surface area contributed by atoms with Gasteiger partial charge in [-0.2, -0.15) is 0 Å². The fourth-order valence-electron chi connectivity index (χ4n) is 4.84. The van der Waals surface area contributed by atoms with Crippen LogP contribution in [-0.2, 0) is 16.9 Å². The molecule has 5 aromatic rings. The minimum atomic E-state index is -1.83. The van der Waals surface area contributed by atoms with E-state index in [4.69, 9.17) is 11.6 Å². The van der Waals surface area contributed by atoms with Crippen LogP contribution in [0.3, 0.4) is 0 Å². The second-order valence-corrected chi connectivity index (χ2v) is 8.59. The van der Waals surface area contributed by atoms with Gasteiger partial charge in [-0.3, -0.25) is 4.79 Å². The average Bonchev–Trinajstić information content (AvgIpc) is 3.34. The van der Waals surface area contributed by atoms with Gasteiger partial charge < -0.3 is 15.0 Å². The molecule has 0 bridgehead atoms. The second kappa shape index (κ2) is 6.95. The molecule has 1 aliphatic rings. The van der Waals surface area contributed by atoms with Crippen LogP contribution in [-0.4, -0.2) is 16.0 Å². The summed E-state index contributed by atoms with van der Waals surface area (Å²) in [5, 5.41) is 15.5. The summed E-state index contributed by atoms with van der Waals surface area (Å²) in [6.07, 6.45) is 1.72. The molecule has 2 heterocycles. The zero-order chi connectivity index (χ0) is 21.9. The lowest BCUT2D eigenvalue weighted by Gasteiger charge is -2.23. The van der Waals surface area contributed by atoms with Gasteiger partial charge in [0.15, 0.2) is 5.60 Å². The van der Waals surface area contributed by atoms with Gasteiger partial charge in [0, 0.05) is 33.2 Å². The van der Waals surface area contributed by atoms with Crippen molar-refractivity contribution >= 4 is 44.9 Å². The summed E-state index contributed by atoms with van der Waals surface area (Å²) in [4.78, 5) is 18.7. The number of amides is 1. The Morgan fingerprint density at radius 3 is 2.50 bits per heavy atom. The number of fused-ring (bicyclic) bond motifs is 3. The number of nitrogens with zero attached hydrogens (tertiary/aromatic N) is 1. The quantitative estimate of drug-likeness (QED) is 0.376. The molecule has 0 fully saturated rings. The monoisotopic (exact) mass is 438 g/mol. The largest absolute Gasteiger partial charge is 0.372 e. The molecule has 6 rings (SSSR count). The molecule has 0 radical (unpaired) electrons. The lowest BCUT2D eigenvalue weighted by Crippen LogP contribution is -2.40. The Morgan fingerprint density at radius 2 is 1.62 bits per heavy atom. The molecule has 0 saturated carbocycles. The number of nitrogens with one attached hydrogen (secondary N) is 1. The highest BCUT2D eigenvalue weighted by Crippen LogP contribution is 2.48. The minimum absolute atomic E-state index is 0.347. The number of aromatic nitrogens is 1. The van der Waals surface area contributed by atoms with E-state index in [2.05, 4.69) is 23.2 Å². The van der Waals surface area contributed by atoms with Gasteiger partial charge in [0.2, 0.25) is 0 Å². The Kier molecular flexibility index (Phi) is 4.15. The summed E-state index contributed by atoms with van der Waals surface area (Å²) in [6.45, 7) is 0.347. The number of hydrogen-bond acceptors (Lipinski definition) is 2. The van der Waals surface area contributed by atoms with Gasteiger partial charge in [-0.1, -0.05) is 72.3 Å². The number of anilines is 1. The fraction of sp³-hybridized carbons (Fsp3) is 0.0741. The molecule has 1 aromatic heterocycles. The number of aliphatic hydroxyl groups is 1. The van der Waals surface area contributed by atoms with Crippen molar-refractivity contribution in [2.75, 3.05) is 4.90 Å². The van der Waals surface area contributed by atoms with E-state index >= 15 is 0 Å². The molecule has 1 atom stereocenters. The summed E-state index contributed by atoms with van der Waals surface area (Å²) in [5.74, 6) is -0.382. The summed E-state index contributed by atoms with van der Waals surface area (Å²) < 4.78 is 0. The lowest BCUT2D eigenvalue weighted by molar-refractivity contribution is -0.132. The molecule has 5 heteroatoms. The molecule has 4 nitrogen and oxygen atoms in total. The predicted molar refractivity (Wildman–Crippen MR) is 128 cm³/mol. The average molecular weight is 439 g/mol. The third-order valence-electron chi connectivity index (χ3n) is 6.38. The molecular formula is C27H19ClN2O2. The van der Waals surface area contributed by atoms with Gasteiger partial charge >= 0.3 is 0 Å². The highest BCUT2D eigenvalue weighted by atomic mass is 35.5. The fourth-order valence-corrected chi connectivity index (χ4v) is 5.01. The standard InChI is InChI=1S/C27H19ClN2O2/c28-19-12-13-25-22(14-19)27(32,23-15-29-24-11-4-3-10-21(23)24)26(31)30(25)16-18-8-5-7-17-6-1-2-9-20(17)18/h1-15,29,32H,16H2/t27-/m0/s1. The second-order valence-electron chi connectivity index (χ2n) is 8.15. The van der Waals surface area contributed by atoms with E-state index in [9.17, 15) is 9.90 Å². The normalized spacial score (nSPS) is 17.9. The number of para-hydroxylation sites is 1. The summed E-state index contributed by atoms with van der Waals surface area (Å²) in [7, 11) is 0. The van der Waals surface area contributed by atoms with Crippen LogP contribution in [0.25, 0.3) is 21.7 Å². The maximum absolute atomic E-state index is 13.9. The first-order valence-corrected chi connectivity index (χ1v) is 10.8. The summed E-state index contributed by atoms with van der Waals surface area (Å²) in [5.41, 5.74) is 1.74. The van der Waals surface area contributed by atoms with Gasteiger partial charge in [0.25, 0.3) is 5.91 Å². The van der Waals surface area contributed by atoms with Crippen LogP contribution >= 0.6 is 11.6 Å². The molecule has 0 unspecified atom stereocenters. The third-order valence-corrected chi connectivity index (χ3v) is 6.62. The predicted octanol–water partition coefficient (Wildman–Crippen LogP) is 5.76. The van der Waals surface area contributed by atoms with Crippen molar-refractivity contribution in [2.45, 2.75) is 12.1 Å². The number of carbonyl (C=O) groups is 1. The van der Waals surface area contributed by atoms with Crippen molar-refractivity contribution < 1.29 is 9.90 Å². The first kappa shape index (κ1) is 19.1. The summed E-state index contributed by atoms with van der Waals surface area (Å²) >= 11 is 6.32. The number of rotatable bonds is 3. The number of halogens is 1. The Balaban J connectivity index is 1.54. The number of hydrogen-bond donors (Lipinski definition) is 2. The van der Waals surface area contributed by atoms with E-state index in [1.165, 1.54) is 0 Å². The summed E-state index contributed by atoms with van der Waals surface area (Å²) in [6, 6.07) is 27.1. The van der Waals surface area contributed by atoms with Crippen LogP contribution in [0.1, 0.15) is 16.7 Å². The van der Waals surface area contributed by atoms with Crippen LogP contribution < -0.4 is 4.90 Å². The molecular weight excluding hydrogens is 420 g/mol. The zero-order valence-electron chi connectivity index (χ0n) is 17.0. The van der Waals surface area contributed by atoms with Crippen molar-refractivity contribution in [2.24, 2.45) is 0 Å². The van der Waals surface area contributed by atoms with Crippen LogP contribution in [0, 0.1) is 0 Å². The van der Waals surface area contributed by atoms with E-state index in [1.807, 2.05) is 54.6 Å². The number of aromatic amines is 1. The molecule has 2 N–H and O–H groups in total. The van der Waals surface area contributed by atoms with E-state index < -0.39 is 5.60 Å². The highest BCUT2D eigenvalue weighted by Gasteiger charge is 2.52. The molecule has 1 aliphatic heterocycles. The van der Waals surface area contributed by atoms with Gasteiger partial charge in [-0.05, 0) is 40.6 Å². The van der Waals surface area contributed by atoms with E-state index in [0.717, 1.165) is 27.2 Å². The number of benzene rings is 4. The first-order chi connectivity index (χ1) is 15.6. The first-order valence-electron chi connectivity index (χ1n) is 10.4. The molecule has 0 aliphatic carbocycles. The molecule has 4 aromatic carbocycles. The highest BCUT2D eigenvalue weighted by molar-refractivity contribution is 6.31. The zero-order valence-corrected chi connectivity index (χ0v) is 17.8. The Labute approximate surface area is 189 Å². The van der Waals surface area contributed by atoms with Crippen molar-refractivity contribution in [3.8, 4) is 0 Å². The maximum Gasteiger partial charge on any atom is 0.268 e. The molecule has 0 spiro atoms. The van der Waals surface area contributed by atoms with Gasteiger partial charge in [-0.15, -0.1) is 0 Å². The number of H-pyrrole nitrogens is 1. The Hall–Kier alpha value is -3.60. The lowest BCUT2D eigenvalue weighted by atomic mass is 9.87. The van der Waals surface area contributed by atoms with Crippen LogP contribution in [0.5, 0.6) is 0 Å².